The van der Waals surface area contributed by atoms with Crippen LogP contribution in [0.2, 0.25) is 0 Å². The summed E-state index contributed by atoms with van der Waals surface area (Å²) >= 11 is 0. The Morgan fingerprint density at radius 2 is 0.453 bits per heavy atom. The number of hydrogen-bond donors (Lipinski definition) is 4. The van der Waals surface area contributed by atoms with Gasteiger partial charge in [-0.3, -0.25) is 0 Å². The molecule has 0 bridgehead atoms. The summed E-state index contributed by atoms with van der Waals surface area (Å²) in [5, 5.41) is 11.8. The van der Waals surface area contributed by atoms with Gasteiger partial charge in [0, 0.05) is 22.7 Å². The van der Waals surface area contributed by atoms with E-state index in [0.717, 1.165) is 44.5 Å². The van der Waals surface area contributed by atoms with Gasteiger partial charge in [-0.1, -0.05) is 212 Å². The maximum absolute atomic E-state index is 13.4. The van der Waals surface area contributed by atoms with Crippen LogP contribution in [0.25, 0.3) is 0 Å². The van der Waals surface area contributed by atoms with Crippen LogP contribution in [0.4, 0.5) is 32.3 Å². The van der Waals surface area contributed by atoms with Gasteiger partial charge in [0.25, 0.3) is 0 Å². The fourth-order valence-electron chi connectivity index (χ4n) is 9.00. The normalized spacial score (nSPS) is 11.2. The van der Waals surface area contributed by atoms with Crippen LogP contribution in [-0.4, -0.2) is 12.1 Å². The monoisotopic (exact) mass is 830 g/mol. The SMILES string of the molecule is O=C(Nc1ccc(C(c2ccccc2)(c2ccccc2)c2ccccc2)cc1)Nc1cccc(NC(=O)Nc2ccc(C(c3ccccc3)(c3ccccc3)c3ccccc3)cc2)c1. The number of urea groups is 2. The van der Waals surface area contributed by atoms with Crippen LogP contribution in [0.5, 0.6) is 0 Å². The molecule has 0 fully saturated rings. The molecule has 4 N–H and O–H groups in total. The number of rotatable bonds is 12. The summed E-state index contributed by atoms with van der Waals surface area (Å²) in [7, 11) is 0. The standard InChI is InChI=1S/C58H46N4O2/c63-55(59-51-38-34-49(35-39-51)57(43-20-7-1-8-21-43,44-22-9-2-10-23-44)45-24-11-3-12-25-45)61-53-32-19-33-54(42-53)62-56(64)60-52-40-36-50(37-41-52)58(46-26-13-4-14-27-46,47-28-15-5-16-29-47)48-30-17-6-18-31-48/h1-42H,(H2,59,61,63)(H2,60,62,64). The molecule has 4 amide bonds. The molecular weight excluding hydrogens is 785 g/mol. The van der Waals surface area contributed by atoms with Crippen molar-refractivity contribution in [2.75, 3.05) is 21.3 Å². The van der Waals surface area contributed by atoms with E-state index < -0.39 is 22.9 Å². The van der Waals surface area contributed by atoms with Crippen LogP contribution in [0.15, 0.2) is 255 Å². The van der Waals surface area contributed by atoms with E-state index in [-0.39, 0.29) is 0 Å². The van der Waals surface area contributed by atoms with Gasteiger partial charge in [-0.2, -0.15) is 0 Å². The zero-order chi connectivity index (χ0) is 43.6. The first-order valence-electron chi connectivity index (χ1n) is 21.3. The minimum absolute atomic E-state index is 0.410. The number of carbonyl (C=O) groups excluding carboxylic acids is 2. The molecule has 6 nitrogen and oxygen atoms in total. The Morgan fingerprint density at radius 3 is 0.703 bits per heavy atom. The highest BCUT2D eigenvalue weighted by atomic mass is 16.2. The first-order chi connectivity index (χ1) is 31.5. The van der Waals surface area contributed by atoms with Crippen LogP contribution in [0, 0.1) is 0 Å². The summed E-state index contributed by atoms with van der Waals surface area (Å²) in [5.41, 5.74) is 10.1. The molecule has 64 heavy (non-hydrogen) atoms. The molecule has 9 rings (SSSR count). The molecule has 0 atom stereocenters. The molecule has 310 valence electrons. The third-order valence-corrected chi connectivity index (χ3v) is 11.8. The largest absolute Gasteiger partial charge is 0.323 e. The lowest BCUT2D eigenvalue weighted by Crippen LogP contribution is -2.31. The maximum Gasteiger partial charge on any atom is 0.323 e. The van der Waals surface area contributed by atoms with Crippen molar-refractivity contribution in [2.45, 2.75) is 10.8 Å². The first-order valence-corrected chi connectivity index (χ1v) is 21.3. The third-order valence-electron chi connectivity index (χ3n) is 11.8. The van der Waals surface area contributed by atoms with E-state index in [4.69, 9.17) is 0 Å². The lowest BCUT2D eigenvalue weighted by atomic mass is 9.65. The average molecular weight is 831 g/mol. The topological polar surface area (TPSA) is 82.3 Å². The summed E-state index contributed by atoms with van der Waals surface area (Å²) in [6.07, 6.45) is 0. The van der Waals surface area contributed by atoms with E-state index in [0.29, 0.717) is 22.7 Å². The molecule has 0 heterocycles. The highest BCUT2D eigenvalue weighted by molar-refractivity contribution is 6.02. The lowest BCUT2D eigenvalue weighted by molar-refractivity contribution is 0.261. The van der Waals surface area contributed by atoms with Crippen molar-refractivity contribution >= 4 is 34.8 Å². The first kappa shape index (κ1) is 40.9. The fourth-order valence-corrected chi connectivity index (χ4v) is 9.00. The smallest absolute Gasteiger partial charge is 0.308 e. The van der Waals surface area contributed by atoms with E-state index in [1.165, 1.54) is 0 Å². The number of amides is 4. The van der Waals surface area contributed by atoms with Gasteiger partial charge in [0.05, 0.1) is 10.8 Å². The van der Waals surface area contributed by atoms with Crippen molar-refractivity contribution < 1.29 is 9.59 Å². The summed E-state index contributed by atoms with van der Waals surface area (Å²) in [6.45, 7) is 0. The van der Waals surface area contributed by atoms with Crippen LogP contribution < -0.4 is 21.3 Å². The van der Waals surface area contributed by atoms with Gasteiger partial charge >= 0.3 is 12.1 Å². The Morgan fingerprint density at radius 1 is 0.234 bits per heavy atom. The van der Waals surface area contributed by atoms with Gasteiger partial charge in [-0.15, -0.1) is 0 Å². The van der Waals surface area contributed by atoms with Gasteiger partial charge < -0.3 is 21.3 Å². The molecular formula is C58H46N4O2. The molecule has 0 saturated heterocycles. The van der Waals surface area contributed by atoms with Crippen LogP contribution >= 0.6 is 0 Å². The third kappa shape index (κ3) is 8.28. The average Bonchev–Trinajstić information content (AvgIpc) is 3.35. The molecule has 0 radical (unpaired) electrons. The van der Waals surface area contributed by atoms with E-state index in [1.54, 1.807) is 24.3 Å². The maximum atomic E-state index is 13.4. The molecule has 0 saturated carbocycles. The second-order valence-corrected chi connectivity index (χ2v) is 15.6. The Kier molecular flexibility index (Phi) is 11.9. The molecule has 9 aromatic carbocycles. The Balaban J connectivity index is 0.891. The molecule has 9 aromatic rings. The van der Waals surface area contributed by atoms with Crippen molar-refractivity contribution in [2.24, 2.45) is 0 Å². The Bertz CT molecular complexity index is 2540. The molecule has 0 aliphatic heterocycles. The predicted molar refractivity (Wildman–Crippen MR) is 261 cm³/mol. The number of carbonyl (C=O) groups is 2. The zero-order valence-electron chi connectivity index (χ0n) is 35.1. The second kappa shape index (κ2) is 18.6. The molecule has 0 unspecified atom stereocenters. The fraction of sp³-hybridized carbons (Fsp3) is 0.0345. The summed E-state index contributed by atoms with van der Waals surface area (Å²) in [6, 6.07) is 85.3. The summed E-state index contributed by atoms with van der Waals surface area (Å²) < 4.78 is 0. The van der Waals surface area contributed by atoms with Gasteiger partial charge in [0.1, 0.15) is 0 Å². The summed E-state index contributed by atoms with van der Waals surface area (Å²) in [5.74, 6) is 0. The predicted octanol–water partition coefficient (Wildman–Crippen LogP) is 13.7. The molecule has 6 heteroatoms. The van der Waals surface area contributed by atoms with Gasteiger partial charge in [0.15, 0.2) is 0 Å². The molecule has 0 aliphatic carbocycles. The number of benzene rings is 9. The Labute approximate surface area is 374 Å². The van der Waals surface area contributed by atoms with Crippen molar-refractivity contribution in [1.29, 1.82) is 0 Å². The number of nitrogens with one attached hydrogen (secondary N) is 4. The molecule has 0 spiro atoms. The van der Waals surface area contributed by atoms with Crippen LogP contribution in [-0.2, 0) is 10.8 Å². The zero-order valence-corrected chi connectivity index (χ0v) is 35.1. The highest BCUT2D eigenvalue weighted by Gasteiger charge is 2.39. The summed E-state index contributed by atoms with van der Waals surface area (Å²) in [4.78, 5) is 26.7. The quantitative estimate of drug-likeness (QED) is 0.0925. The number of hydrogen-bond acceptors (Lipinski definition) is 2. The van der Waals surface area contributed by atoms with Crippen molar-refractivity contribution in [1.82, 2.24) is 0 Å². The molecule has 0 aliphatic rings. The molecule has 0 aromatic heterocycles. The number of anilines is 4. The highest BCUT2D eigenvalue weighted by Crippen LogP contribution is 2.46. The van der Waals surface area contributed by atoms with E-state index in [2.05, 4.69) is 191 Å². The minimum atomic E-state index is -0.591. The van der Waals surface area contributed by atoms with E-state index >= 15 is 0 Å². The van der Waals surface area contributed by atoms with Gasteiger partial charge in [0.2, 0.25) is 0 Å². The van der Waals surface area contributed by atoms with Crippen molar-refractivity contribution in [3.63, 3.8) is 0 Å². The second-order valence-electron chi connectivity index (χ2n) is 15.6. The van der Waals surface area contributed by atoms with E-state index in [9.17, 15) is 9.59 Å². The van der Waals surface area contributed by atoms with Crippen LogP contribution in [0.1, 0.15) is 44.5 Å². The Hall–Kier alpha value is -8.48. The van der Waals surface area contributed by atoms with Gasteiger partial charge in [-0.05, 0) is 87.0 Å². The van der Waals surface area contributed by atoms with E-state index in [1.807, 2.05) is 60.7 Å². The van der Waals surface area contributed by atoms with Crippen molar-refractivity contribution in [3.05, 3.63) is 299 Å². The van der Waals surface area contributed by atoms with Crippen LogP contribution in [0.3, 0.4) is 0 Å². The van der Waals surface area contributed by atoms with Gasteiger partial charge in [-0.25, -0.2) is 9.59 Å². The minimum Gasteiger partial charge on any atom is -0.308 e. The van der Waals surface area contributed by atoms with Crippen molar-refractivity contribution in [3.8, 4) is 0 Å². The lowest BCUT2D eigenvalue weighted by Gasteiger charge is -2.37.